The minimum Gasteiger partial charge on any atom is -0.450 e. The number of benzene rings is 2. The Kier molecular flexibility index (Phi) is 8.87. The molecule has 192 valence electrons. The number of nitrogens with one attached hydrogen (secondary N) is 2. The molecule has 35 heavy (non-hydrogen) atoms. The van der Waals surface area contributed by atoms with E-state index in [1.165, 1.54) is 10.4 Å². The summed E-state index contributed by atoms with van der Waals surface area (Å²) in [6.07, 6.45) is 0.799. The Labute approximate surface area is 216 Å². The van der Waals surface area contributed by atoms with Crippen LogP contribution in [0, 0.1) is 0 Å². The maximum Gasteiger partial charge on any atom is 0.407 e. The number of piperazine rings is 1. The van der Waals surface area contributed by atoms with Crippen molar-refractivity contribution in [3.63, 3.8) is 0 Å². The molecule has 0 radical (unpaired) electrons. The van der Waals surface area contributed by atoms with E-state index in [1.807, 2.05) is 0 Å². The fourth-order valence-corrected chi connectivity index (χ4v) is 6.14. The Morgan fingerprint density at radius 3 is 2.51 bits per heavy atom. The normalized spacial score (nSPS) is 18.7. The second-order valence-electron chi connectivity index (χ2n) is 8.68. The molecule has 2 aromatic carbocycles. The van der Waals surface area contributed by atoms with Crippen LogP contribution in [0.2, 0.25) is 5.02 Å². The number of sulfonamides is 1. The van der Waals surface area contributed by atoms with E-state index in [2.05, 4.69) is 10.6 Å². The van der Waals surface area contributed by atoms with E-state index in [1.54, 1.807) is 42.2 Å². The van der Waals surface area contributed by atoms with Crippen molar-refractivity contribution in [2.24, 2.45) is 0 Å². The molecule has 2 amide bonds. The van der Waals surface area contributed by atoms with Gasteiger partial charge >= 0.3 is 6.09 Å². The van der Waals surface area contributed by atoms with E-state index in [0.717, 1.165) is 10.8 Å². The van der Waals surface area contributed by atoms with Gasteiger partial charge in [-0.15, -0.1) is 12.4 Å². The Bertz CT molecular complexity index is 1190. The van der Waals surface area contributed by atoms with Gasteiger partial charge in [-0.3, -0.25) is 4.79 Å². The maximum atomic E-state index is 13.3. The highest BCUT2D eigenvalue weighted by Gasteiger charge is 2.40. The number of carbonyl (C=O) groups excluding carboxylic acids is 2. The van der Waals surface area contributed by atoms with Crippen molar-refractivity contribution < 1.29 is 22.7 Å². The van der Waals surface area contributed by atoms with Crippen LogP contribution in [-0.4, -0.2) is 81.0 Å². The number of fused-ring (bicyclic) bond motifs is 1. The van der Waals surface area contributed by atoms with Gasteiger partial charge in [0.05, 0.1) is 23.6 Å². The number of ether oxygens (including phenoxy) is 1. The molecule has 2 fully saturated rings. The van der Waals surface area contributed by atoms with Crippen LogP contribution < -0.4 is 10.6 Å². The zero-order valence-corrected chi connectivity index (χ0v) is 21.8. The molecule has 4 rings (SSSR count). The second kappa shape index (κ2) is 11.3. The fourth-order valence-electron chi connectivity index (χ4n) is 4.54. The van der Waals surface area contributed by atoms with E-state index in [4.69, 9.17) is 16.3 Å². The summed E-state index contributed by atoms with van der Waals surface area (Å²) >= 11 is 6.02. The minimum atomic E-state index is -3.84. The van der Waals surface area contributed by atoms with Crippen molar-refractivity contribution in [3.05, 3.63) is 41.4 Å². The molecule has 2 N–H and O–H groups in total. The number of hydrogen-bond acceptors (Lipinski definition) is 6. The summed E-state index contributed by atoms with van der Waals surface area (Å²) in [5.74, 6) is -0.286. The van der Waals surface area contributed by atoms with Gasteiger partial charge in [0.15, 0.2) is 0 Å². The molecule has 0 spiro atoms. The molecule has 0 unspecified atom stereocenters. The summed E-state index contributed by atoms with van der Waals surface area (Å²) in [5, 5.41) is 8.39. The predicted molar refractivity (Wildman–Crippen MR) is 137 cm³/mol. The number of carbonyl (C=O) groups is 2. The highest BCUT2D eigenvalue weighted by Crippen LogP contribution is 2.26. The molecule has 0 bridgehead atoms. The van der Waals surface area contributed by atoms with Crippen LogP contribution in [0.25, 0.3) is 10.8 Å². The van der Waals surface area contributed by atoms with Crippen LogP contribution in [0.15, 0.2) is 41.3 Å². The van der Waals surface area contributed by atoms with Gasteiger partial charge in [0, 0.05) is 24.7 Å². The van der Waals surface area contributed by atoms with Crippen LogP contribution in [0.4, 0.5) is 4.79 Å². The van der Waals surface area contributed by atoms with Crippen LogP contribution >= 0.6 is 24.0 Å². The van der Waals surface area contributed by atoms with Gasteiger partial charge in [0.2, 0.25) is 15.9 Å². The molecule has 0 saturated carbocycles. The lowest BCUT2D eigenvalue weighted by molar-refractivity contribution is -0.135. The first-order valence-electron chi connectivity index (χ1n) is 11.4. The Morgan fingerprint density at radius 1 is 1.14 bits per heavy atom. The van der Waals surface area contributed by atoms with Crippen LogP contribution in [0.1, 0.15) is 19.8 Å². The van der Waals surface area contributed by atoms with Gasteiger partial charge < -0.3 is 20.3 Å². The number of amides is 2. The molecule has 2 saturated heterocycles. The van der Waals surface area contributed by atoms with Crippen molar-refractivity contribution in [2.45, 2.75) is 30.2 Å². The van der Waals surface area contributed by atoms with Crippen LogP contribution in [0.3, 0.4) is 0 Å². The van der Waals surface area contributed by atoms with E-state index in [-0.39, 0.29) is 49.5 Å². The van der Waals surface area contributed by atoms with Crippen molar-refractivity contribution in [1.29, 1.82) is 0 Å². The number of piperidine rings is 1. The van der Waals surface area contributed by atoms with Crippen molar-refractivity contribution in [3.8, 4) is 0 Å². The minimum absolute atomic E-state index is 0. The smallest absolute Gasteiger partial charge is 0.407 e. The van der Waals surface area contributed by atoms with Gasteiger partial charge in [-0.1, -0.05) is 23.7 Å². The predicted octanol–water partition coefficient (Wildman–Crippen LogP) is 2.62. The van der Waals surface area contributed by atoms with E-state index >= 15 is 0 Å². The number of nitrogens with zero attached hydrogens (tertiary/aromatic N) is 2. The van der Waals surface area contributed by atoms with Gasteiger partial charge in [-0.05, 0) is 67.9 Å². The molecule has 2 aromatic rings. The first kappa shape index (κ1) is 27.5. The third-order valence-electron chi connectivity index (χ3n) is 6.39. The number of hydrogen-bond donors (Lipinski definition) is 2. The Balaban J connectivity index is 0.00000342. The molecule has 2 heterocycles. The highest BCUT2D eigenvalue weighted by molar-refractivity contribution is 7.89. The van der Waals surface area contributed by atoms with Gasteiger partial charge in [-0.2, -0.15) is 4.31 Å². The largest absolute Gasteiger partial charge is 0.450 e. The van der Waals surface area contributed by atoms with Crippen molar-refractivity contribution in [2.75, 3.05) is 45.9 Å². The average molecular weight is 545 g/mol. The van der Waals surface area contributed by atoms with Crippen molar-refractivity contribution in [1.82, 2.24) is 19.8 Å². The molecular weight excluding hydrogens is 515 g/mol. The number of rotatable bonds is 6. The first-order valence-corrected chi connectivity index (χ1v) is 13.2. The van der Waals surface area contributed by atoms with E-state index in [9.17, 15) is 18.0 Å². The number of halogens is 2. The van der Waals surface area contributed by atoms with Gasteiger partial charge in [0.25, 0.3) is 0 Å². The van der Waals surface area contributed by atoms with Gasteiger partial charge in [0.1, 0.15) is 0 Å². The second-order valence-corrected chi connectivity index (χ2v) is 11.1. The average Bonchev–Trinajstić information content (AvgIpc) is 2.80. The fraction of sp³-hybridized carbons (Fsp3) is 0.478. The lowest BCUT2D eigenvalue weighted by Gasteiger charge is -2.43. The zero-order chi connectivity index (χ0) is 24.3. The van der Waals surface area contributed by atoms with Gasteiger partial charge in [-0.25, -0.2) is 13.2 Å². The summed E-state index contributed by atoms with van der Waals surface area (Å²) in [5.41, 5.74) is -0.603. The molecule has 9 nitrogen and oxygen atoms in total. The Morgan fingerprint density at radius 2 is 1.83 bits per heavy atom. The summed E-state index contributed by atoms with van der Waals surface area (Å²) in [6, 6.07) is 10.1. The summed E-state index contributed by atoms with van der Waals surface area (Å²) in [7, 11) is -3.84. The first-order chi connectivity index (χ1) is 16.2. The highest BCUT2D eigenvalue weighted by atomic mass is 35.5. The lowest BCUT2D eigenvalue weighted by atomic mass is 9.87. The SMILES string of the molecule is CCOC(=O)NC1(CN2CCN(S(=O)(=O)c3ccc4cc(Cl)ccc4c3)CC2=O)CCNCC1.Cl. The van der Waals surface area contributed by atoms with E-state index in [0.29, 0.717) is 37.5 Å². The molecule has 0 atom stereocenters. The monoisotopic (exact) mass is 544 g/mol. The molecule has 0 aromatic heterocycles. The Hall–Kier alpha value is -2.11. The number of alkyl carbamates (subject to hydrolysis) is 1. The standard InChI is InChI=1S/C23H29ClN4O5S.ClH/c1-2-33-22(30)26-23(7-9-25-10-8-23)16-27-11-12-28(15-21(27)29)34(31,32)20-6-4-17-13-19(24)5-3-18(17)14-20;/h3-6,13-14,25H,2,7-12,15-16H2,1H3,(H,26,30);1H. The third kappa shape index (κ3) is 6.18. The maximum absolute atomic E-state index is 13.3. The topological polar surface area (TPSA) is 108 Å². The molecular formula is C23H30Cl2N4O5S. The molecule has 2 aliphatic rings. The third-order valence-corrected chi connectivity index (χ3v) is 8.47. The lowest BCUT2D eigenvalue weighted by Crippen LogP contribution is -2.63. The van der Waals surface area contributed by atoms with E-state index < -0.39 is 21.7 Å². The zero-order valence-electron chi connectivity index (χ0n) is 19.5. The van der Waals surface area contributed by atoms with Crippen LogP contribution in [0.5, 0.6) is 0 Å². The molecule has 12 heteroatoms. The summed E-state index contributed by atoms with van der Waals surface area (Å²) in [4.78, 5) is 26.9. The van der Waals surface area contributed by atoms with Crippen molar-refractivity contribution >= 4 is 56.8 Å². The molecule has 0 aliphatic carbocycles. The van der Waals surface area contributed by atoms with Crippen LogP contribution in [-0.2, 0) is 19.6 Å². The quantitative estimate of drug-likeness (QED) is 0.578. The molecule has 2 aliphatic heterocycles. The summed E-state index contributed by atoms with van der Waals surface area (Å²) in [6.45, 7) is 3.93. The summed E-state index contributed by atoms with van der Waals surface area (Å²) < 4.78 is 32.8.